The molecule has 0 N–H and O–H groups in total. The first-order valence-electron chi connectivity index (χ1n) is 6.76. The van der Waals surface area contributed by atoms with Crippen molar-refractivity contribution in [3.63, 3.8) is 0 Å². The number of ether oxygens (including phenoxy) is 3. The second-order valence-electron chi connectivity index (χ2n) is 4.19. The van der Waals surface area contributed by atoms with Gasteiger partial charge >= 0.3 is 0 Å². The van der Waals surface area contributed by atoms with Crippen molar-refractivity contribution >= 4 is 0 Å². The molecule has 0 fully saturated rings. The molecular formula is C15H24O3. The van der Waals surface area contributed by atoms with E-state index in [2.05, 4.69) is 13.8 Å². The van der Waals surface area contributed by atoms with Crippen LogP contribution < -0.4 is 14.2 Å². The van der Waals surface area contributed by atoms with Gasteiger partial charge in [-0.1, -0.05) is 32.8 Å². The fourth-order valence-electron chi connectivity index (χ4n) is 1.58. The number of para-hydroxylation sites is 1. The molecule has 0 aliphatic heterocycles. The molecule has 0 unspecified atom stereocenters. The van der Waals surface area contributed by atoms with Gasteiger partial charge in [0.2, 0.25) is 5.75 Å². The second-order valence-corrected chi connectivity index (χ2v) is 4.19. The number of rotatable bonds is 9. The van der Waals surface area contributed by atoms with Crippen molar-refractivity contribution in [3.8, 4) is 17.2 Å². The van der Waals surface area contributed by atoms with E-state index in [0.717, 1.165) is 37.2 Å². The van der Waals surface area contributed by atoms with Crippen LogP contribution in [0.5, 0.6) is 17.2 Å². The summed E-state index contributed by atoms with van der Waals surface area (Å²) in [4.78, 5) is 0. The Labute approximate surface area is 110 Å². The minimum Gasteiger partial charge on any atom is -0.490 e. The average molecular weight is 252 g/mol. The molecule has 0 aliphatic rings. The molecule has 102 valence electrons. The van der Waals surface area contributed by atoms with Crippen molar-refractivity contribution < 1.29 is 14.2 Å². The lowest BCUT2D eigenvalue weighted by Gasteiger charge is -2.14. The maximum Gasteiger partial charge on any atom is 0.203 e. The predicted octanol–water partition coefficient (Wildman–Crippen LogP) is 4.05. The third-order valence-corrected chi connectivity index (χ3v) is 2.66. The molecule has 1 rings (SSSR count). The molecule has 3 nitrogen and oxygen atoms in total. The molecule has 1 aromatic rings. The molecule has 0 heterocycles. The van der Waals surface area contributed by atoms with Crippen LogP contribution in [0.2, 0.25) is 0 Å². The van der Waals surface area contributed by atoms with Crippen LogP contribution in [0.25, 0.3) is 0 Å². The van der Waals surface area contributed by atoms with Crippen LogP contribution in [0.15, 0.2) is 18.2 Å². The summed E-state index contributed by atoms with van der Waals surface area (Å²) in [6, 6.07) is 5.77. The molecule has 0 atom stereocenters. The van der Waals surface area contributed by atoms with E-state index >= 15 is 0 Å². The van der Waals surface area contributed by atoms with E-state index in [-0.39, 0.29) is 0 Å². The van der Waals surface area contributed by atoms with Crippen LogP contribution in [0.3, 0.4) is 0 Å². The van der Waals surface area contributed by atoms with E-state index in [1.54, 1.807) is 7.11 Å². The first kappa shape index (κ1) is 14.7. The minimum atomic E-state index is 0.699. The zero-order valence-corrected chi connectivity index (χ0v) is 11.7. The molecule has 18 heavy (non-hydrogen) atoms. The quantitative estimate of drug-likeness (QED) is 0.620. The van der Waals surface area contributed by atoms with Crippen molar-refractivity contribution in [1.29, 1.82) is 0 Å². The molecule has 0 aromatic heterocycles. The number of unbranched alkanes of at least 4 members (excludes halogenated alkanes) is 2. The second kappa shape index (κ2) is 8.67. The Bertz CT molecular complexity index is 308. The fourth-order valence-corrected chi connectivity index (χ4v) is 1.58. The average Bonchev–Trinajstić information content (AvgIpc) is 2.39. The monoisotopic (exact) mass is 252 g/mol. The normalized spacial score (nSPS) is 10.2. The predicted molar refractivity (Wildman–Crippen MR) is 73.8 cm³/mol. The van der Waals surface area contributed by atoms with E-state index < -0.39 is 0 Å². The highest BCUT2D eigenvalue weighted by atomic mass is 16.5. The Morgan fingerprint density at radius 2 is 1.39 bits per heavy atom. The van der Waals surface area contributed by atoms with Crippen LogP contribution >= 0.6 is 0 Å². The molecule has 0 aliphatic carbocycles. The number of hydrogen-bond acceptors (Lipinski definition) is 3. The van der Waals surface area contributed by atoms with Gasteiger partial charge in [-0.2, -0.15) is 0 Å². The minimum absolute atomic E-state index is 0.699. The Balaban J connectivity index is 2.68. The number of hydrogen-bond donors (Lipinski definition) is 0. The van der Waals surface area contributed by atoms with Gasteiger partial charge in [0.1, 0.15) is 0 Å². The van der Waals surface area contributed by atoms with E-state index in [4.69, 9.17) is 14.2 Å². The van der Waals surface area contributed by atoms with Crippen LogP contribution in [0.1, 0.15) is 39.5 Å². The van der Waals surface area contributed by atoms with E-state index in [0.29, 0.717) is 19.0 Å². The van der Waals surface area contributed by atoms with Gasteiger partial charge in [-0.3, -0.25) is 0 Å². The molecular weight excluding hydrogens is 228 g/mol. The summed E-state index contributed by atoms with van der Waals surface area (Å²) in [7, 11) is 1.65. The van der Waals surface area contributed by atoms with Gasteiger partial charge in [-0.25, -0.2) is 0 Å². The van der Waals surface area contributed by atoms with Gasteiger partial charge in [0.25, 0.3) is 0 Å². The summed E-state index contributed by atoms with van der Waals surface area (Å²) in [5.41, 5.74) is 0. The van der Waals surface area contributed by atoms with Gasteiger partial charge in [0.15, 0.2) is 11.5 Å². The van der Waals surface area contributed by atoms with Crippen molar-refractivity contribution in [2.45, 2.75) is 39.5 Å². The van der Waals surface area contributed by atoms with Crippen molar-refractivity contribution in [2.24, 2.45) is 0 Å². The first-order valence-corrected chi connectivity index (χ1v) is 6.76. The largest absolute Gasteiger partial charge is 0.490 e. The van der Waals surface area contributed by atoms with Gasteiger partial charge < -0.3 is 14.2 Å². The van der Waals surface area contributed by atoms with Gasteiger partial charge in [-0.05, 0) is 25.0 Å². The molecule has 0 saturated heterocycles. The van der Waals surface area contributed by atoms with Crippen LogP contribution in [-0.4, -0.2) is 20.3 Å². The maximum atomic E-state index is 5.71. The van der Waals surface area contributed by atoms with Crippen molar-refractivity contribution in [3.05, 3.63) is 18.2 Å². The highest BCUT2D eigenvalue weighted by molar-refractivity contribution is 5.51. The highest BCUT2D eigenvalue weighted by Gasteiger charge is 2.11. The zero-order valence-electron chi connectivity index (χ0n) is 11.7. The Hall–Kier alpha value is -1.38. The van der Waals surface area contributed by atoms with E-state index in [1.165, 1.54) is 0 Å². The van der Waals surface area contributed by atoms with Gasteiger partial charge in [0, 0.05) is 0 Å². The first-order chi connectivity index (χ1) is 8.83. The van der Waals surface area contributed by atoms with Crippen LogP contribution in [0.4, 0.5) is 0 Å². The molecule has 0 amide bonds. The summed E-state index contributed by atoms with van der Waals surface area (Å²) < 4.78 is 16.8. The lowest BCUT2D eigenvalue weighted by atomic mass is 10.3. The molecule has 0 spiro atoms. The Kier molecular flexibility index (Phi) is 7.07. The van der Waals surface area contributed by atoms with Crippen LogP contribution in [0, 0.1) is 0 Å². The summed E-state index contributed by atoms with van der Waals surface area (Å²) in [6.45, 7) is 5.71. The summed E-state index contributed by atoms with van der Waals surface area (Å²) in [5, 5.41) is 0. The third kappa shape index (κ3) is 4.47. The van der Waals surface area contributed by atoms with Crippen molar-refractivity contribution in [2.75, 3.05) is 20.3 Å². The maximum absolute atomic E-state index is 5.71. The van der Waals surface area contributed by atoms with E-state index in [9.17, 15) is 0 Å². The number of benzene rings is 1. The standard InChI is InChI=1S/C15H24O3/c1-4-6-11-17-13-9-8-10-14(15(13)16-3)18-12-7-5-2/h8-10H,4-7,11-12H2,1-3H3. The Morgan fingerprint density at radius 1 is 0.889 bits per heavy atom. The topological polar surface area (TPSA) is 27.7 Å². The van der Waals surface area contributed by atoms with E-state index in [1.807, 2.05) is 18.2 Å². The van der Waals surface area contributed by atoms with Gasteiger partial charge in [0.05, 0.1) is 20.3 Å². The summed E-state index contributed by atoms with van der Waals surface area (Å²) in [5.74, 6) is 2.23. The molecule has 0 saturated carbocycles. The van der Waals surface area contributed by atoms with Crippen LogP contribution in [-0.2, 0) is 0 Å². The van der Waals surface area contributed by atoms with Crippen molar-refractivity contribution in [1.82, 2.24) is 0 Å². The Morgan fingerprint density at radius 3 is 1.78 bits per heavy atom. The SMILES string of the molecule is CCCCOc1cccc(OCCCC)c1OC. The molecule has 3 heteroatoms. The summed E-state index contributed by atoms with van der Waals surface area (Å²) in [6.07, 6.45) is 4.33. The molecule has 0 radical (unpaired) electrons. The lowest BCUT2D eigenvalue weighted by Crippen LogP contribution is -2.02. The molecule has 1 aromatic carbocycles. The number of methoxy groups -OCH3 is 1. The molecule has 0 bridgehead atoms. The fraction of sp³-hybridized carbons (Fsp3) is 0.600. The zero-order chi connectivity index (χ0) is 13.2. The smallest absolute Gasteiger partial charge is 0.203 e. The summed E-state index contributed by atoms with van der Waals surface area (Å²) >= 11 is 0. The lowest BCUT2D eigenvalue weighted by molar-refractivity contribution is 0.262. The third-order valence-electron chi connectivity index (χ3n) is 2.66. The van der Waals surface area contributed by atoms with Gasteiger partial charge in [-0.15, -0.1) is 0 Å². The highest BCUT2D eigenvalue weighted by Crippen LogP contribution is 2.37.